The van der Waals surface area contributed by atoms with Crippen molar-refractivity contribution in [1.29, 1.82) is 0 Å². The summed E-state index contributed by atoms with van der Waals surface area (Å²) < 4.78 is 24.4. The molecular formula is C12H17N3O4S2. The number of piperidine rings is 1. The van der Waals surface area contributed by atoms with Gasteiger partial charge < -0.3 is 5.32 Å². The summed E-state index contributed by atoms with van der Waals surface area (Å²) in [5.74, 6) is -0.750. The fourth-order valence-electron chi connectivity index (χ4n) is 2.16. The van der Waals surface area contributed by atoms with Crippen molar-refractivity contribution in [1.82, 2.24) is 9.29 Å². The van der Waals surface area contributed by atoms with Crippen LogP contribution in [0.4, 0.5) is 5.13 Å². The van der Waals surface area contributed by atoms with E-state index in [1.165, 1.54) is 17.4 Å². The van der Waals surface area contributed by atoms with Crippen molar-refractivity contribution >= 4 is 38.2 Å². The zero-order valence-corrected chi connectivity index (χ0v) is 13.5. The smallest absolute Gasteiger partial charge is 0.230 e. The molecule has 1 saturated heterocycles. The number of nitrogens with zero attached hydrogens (tertiary/aromatic N) is 2. The molecule has 0 aromatic carbocycles. The molecule has 0 radical (unpaired) electrons. The van der Waals surface area contributed by atoms with Gasteiger partial charge in [0.25, 0.3) is 0 Å². The molecule has 21 heavy (non-hydrogen) atoms. The maximum Gasteiger partial charge on any atom is 0.230 e. The summed E-state index contributed by atoms with van der Waals surface area (Å²) in [5.41, 5.74) is 0. The number of carbonyl (C=O) groups excluding carboxylic acids is 2. The van der Waals surface area contributed by atoms with Crippen molar-refractivity contribution in [3.63, 3.8) is 0 Å². The number of hydrogen-bond donors (Lipinski definition) is 1. The van der Waals surface area contributed by atoms with Gasteiger partial charge in [-0.1, -0.05) is 11.3 Å². The van der Waals surface area contributed by atoms with Crippen molar-refractivity contribution in [2.45, 2.75) is 19.8 Å². The summed E-state index contributed by atoms with van der Waals surface area (Å²) >= 11 is 1.12. The summed E-state index contributed by atoms with van der Waals surface area (Å²) in [6.45, 7) is 2.08. The van der Waals surface area contributed by atoms with Gasteiger partial charge in [0.15, 0.2) is 10.9 Å². The third-order valence-corrected chi connectivity index (χ3v) is 5.59. The molecule has 1 N–H and O–H groups in total. The maximum absolute atomic E-state index is 12.2. The molecule has 116 valence electrons. The number of amides is 1. The first-order valence-corrected chi connectivity index (χ1v) is 9.16. The molecule has 2 rings (SSSR count). The number of hydrogen-bond acceptors (Lipinski definition) is 6. The minimum atomic E-state index is -3.28. The van der Waals surface area contributed by atoms with Crippen LogP contribution in [0.25, 0.3) is 0 Å². The zero-order chi connectivity index (χ0) is 15.6. The Hall–Kier alpha value is -1.32. The van der Waals surface area contributed by atoms with E-state index in [-0.39, 0.29) is 18.2 Å². The second kappa shape index (κ2) is 6.20. The average Bonchev–Trinajstić information content (AvgIpc) is 2.86. The van der Waals surface area contributed by atoms with Gasteiger partial charge in [-0.05, 0) is 12.8 Å². The first-order valence-electron chi connectivity index (χ1n) is 6.50. The zero-order valence-electron chi connectivity index (χ0n) is 11.8. The van der Waals surface area contributed by atoms with Gasteiger partial charge in [-0.2, -0.15) is 0 Å². The molecule has 2 heterocycles. The molecule has 1 amide bonds. The number of sulfonamides is 1. The van der Waals surface area contributed by atoms with Crippen LogP contribution in [0.15, 0.2) is 6.20 Å². The molecule has 0 bridgehead atoms. The summed E-state index contributed by atoms with van der Waals surface area (Å²) in [7, 11) is -3.28. The molecule has 1 unspecified atom stereocenters. The first kappa shape index (κ1) is 16.1. The number of thiazole rings is 1. The molecule has 9 heteroatoms. The maximum atomic E-state index is 12.2. The summed E-state index contributed by atoms with van der Waals surface area (Å²) in [4.78, 5) is 27.8. The van der Waals surface area contributed by atoms with E-state index in [1.807, 2.05) is 0 Å². The van der Waals surface area contributed by atoms with Gasteiger partial charge in [-0.3, -0.25) is 9.59 Å². The normalized spacial score (nSPS) is 20.2. The molecule has 0 aliphatic carbocycles. The number of anilines is 1. The summed E-state index contributed by atoms with van der Waals surface area (Å²) in [5, 5.41) is 3.02. The molecule has 1 aliphatic rings. The summed E-state index contributed by atoms with van der Waals surface area (Å²) in [6, 6.07) is 0. The van der Waals surface area contributed by atoms with Crippen LogP contribution in [0.2, 0.25) is 0 Å². The van der Waals surface area contributed by atoms with Crippen LogP contribution in [-0.2, 0) is 14.8 Å². The van der Waals surface area contributed by atoms with Crippen LogP contribution in [0, 0.1) is 5.92 Å². The van der Waals surface area contributed by atoms with Crippen LogP contribution >= 0.6 is 11.3 Å². The minimum absolute atomic E-state index is 0.103. The molecule has 1 fully saturated rings. The highest BCUT2D eigenvalue weighted by Crippen LogP contribution is 2.23. The molecule has 1 atom stereocenters. The Balaban J connectivity index is 2.01. The standard InChI is InChI=1S/C12H17N3O4S2/c1-8(16)10-6-13-12(20-10)14-11(17)9-4-3-5-15(7-9)21(2,18)19/h6,9H,3-5,7H2,1-2H3,(H,13,14,17). The van der Waals surface area contributed by atoms with E-state index >= 15 is 0 Å². The quantitative estimate of drug-likeness (QED) is 0.829. The van der Waals surface area contributed by atoms with Crippen LogP contribution in [0.5, 0.6) is 0 Å². The van der Waals surface area contributed by atoms with Crippen molar-refractivity contribution in [3.05, 3.63) is 11.1 Å². The number of nitrogens with one attached hydrogen (secondary N) is 1. The van der Waals surface area contributed by atoms with E-state index in [0.717, 1.165) is 17.6 Å². The highest BCUT2D eigenvalue weighted by atomic mass is 32.2. The molecule has 7 nitrogen and oxygen atoms in total. The van der Waals surface area contributed by atoms with E-state index in [2.05, 4.69) is 10.3 Å². The van der Waals surface area contributed by atoms with Gasteiger partial charge in [0, 0.05) is 20.0 Å². The highest BCUT2D eigenvalue weighted by Gasteiger charge is 2.30. The van der Waals surface area contributed by atoms with Gasteiger partial charge in [-0.15, -0.1) is 0 Å². The fraction of sp³-hybridized carbons (Fsp3) is 0.583. The monoisotopic (exact) mass is 331 g/mol. The van der Waals surface area contributed by atoms with E-state index in [1.54, 1.807) is 0 Å². The van der Waals surface area contributed by atoms with Crippen molar-refractivity contribution < 1.29 is 18.0 Å². The predicted octanol–water partition coefficient (Wildman–Crippen LogP) is 0.956. The molecule has 1 aromatic rings. The molecule has 1 aromatic heterocycles. The van der Waals surface area contributed by atoms with E-state index in [9.17, 15) is 18.0 Å². The lowest BCUT2D eigenvalue weighted by Crippen LogP contribution is -2.43. The van der Waals surface area contributed by atoms with Crippen molar-refractivity contribution in [3.8, 4) is 0 Å². The lowest BCUT2D eigenvalue weighted by atomic mass is 9.99. The third kappa shape index (κ3) is 4.08. The Bertz CT molecular complexity index is 653. The van der Waals surface area contributed by atoms with Crippen LogP contribution < -0.4 is 5.32 Å². The van der Waals surface area contributed by atoms with Gasteiger partial charge >= 0.3 is 0 Å². The highest BCUT2D eigenvalue weighted by molar-refractivity contribution is 7.88. The van der Waals surface area contributed by atoms with Crippen LogP contribution in [0.1, 0.15) is 29.4 Å². The van der Waals surface area contributed by atoms with Crippen molar-refractivity contribution in [2.24, 2.45) is 5.92 Å². The third-order valence-electron chi connectivity index (χ3n) is 3.31. The van der Waals surface area contributed by atoms with Gasteiger partial charge in [-0.25, -0.2) is 17.7 Å². The molecular weight excluding hydrogens is 314 g/mol. The largest absolute Gasteiger partial charge is 0.302 e. The van der Waals surface area contributed by atoms with Gasteiger partial charge in [0.05, 0.1) is 23.2 Å². The number of ketones is 1. The topological polar surface area (TPSA) is 96.4 Å². The Kier molecular flexibility index (Phi) is 4.74. The predicted molar refractivity (Wildman–Crippen MR) is 79.9 cm³/mol. The Morgan fingerprint density at radius 2 is 2.19 bits per heavy atom. The second-order valence-corrected chi connectivity index (χ2v) is 8.05. The Labute approximate surface area is 127 Å². The SMILES string of the molecule is CC(=O)c1cnc(NC(=O)C2CCCN(S(C)(=O)=O)C2)s1. The van der Waals surface area contributed by atoms with E-state index in [4.69, 9.17) is 0 Å². The number of Topliss-reactive ketones (excluding diaryl/α,β-unsaturated/α-hetero) is 1. The van der Waals surface area contributed by atoms with Crippen LogP contribution in [-0.4, -0.2) is 48.7 Å². The second-order valence-electron chi connectivity index (χ2n) is 5.04. The van der Waals surface area contributed by atoms with Crippen LogP contribution in [0.3, 0.4) is 0 Å². The number of aromatic nitrogens is 1. The van der Waals surface area contributed by atoms with Gasteiger partial charge in [0.1, 0.15) is 0 Å². The summed E-state index contributed by atoms with van der Waals surface area (Å²) in [6.07, 6.45) is 3.87. The molecule has 0 spiro atoms. The Morgan fingerprint density at radius 1 is 1.48 bits per heavy atom. The molecule has 0 saturated carbocycles. The molecule has 1 aliphatic heterocycles. The number of rotatable bonds is 4. The van der Waals surface area contributed by atoms with Crippen molar-refractivity contribution in [2.75, 3.05) is 24.7 Å². The first-order chi connectivity index (χ1) is 9.77. The lowest BCUT2D eigenvalue weighted by Gasteiger charge is -2.29. The van der Waals surface area contributed by atoms with Gasteiger partial charge in [0.2, 0.25) is 15.9 Å². The fourth-order valence-corrected chi connectivity index (χ4v) is 3.79. The van der Waals surface area contributed by atoms with E-state index in [0.29, 0.717) is 29.4 Å². The minimum Gasteiger partial charge on any atom is -0.302 e. The lowest BCUT2D eigenvalue weighted by molar-refractivity contribution is -0.120. The number of carbonyl (C=O) groups is 2. The average molecular weight is 331 g/mol. The Morgan fingerprint density at radius 3 is 2.76 bits per heavy atom. The van der Waals surface area contributed by atoms with E-state index < -0.39 is 15.9 Å².